The summed E-state index contributed by atoms with van der Waals surface area (Å²) >= 11 is 0. The van der Waals surface area contributed by atoms with Gasteiger partial charge in [0, 0.05) is 18.3 Å². The number of nitrogens with two attached hydrogens (primary N) is 2. The van der Waals surface area contributed by atoms with Crippen LogP contribution in [0.4, 0.5) is 5.82 Å². The molecule has 0 saturated heterocycles. The van der Waals surface area contributed by atoms with E-state index >= 15 is 0 Å². The molecule has 5 N–H and O–H groups in total. The van der Waals surface area contributed by atoms with E-state index in [1.165, 1.54) is 6.20 Å². The van der Waals surface area contributed by atoms with Crippen LogP contribution in [0.1, 0.15) is 24.2 Å². The van der Waals surface area contributed by atoms with Crippen molar-refractivity contribution in [3.63, 3.8) is 0 Å². The van der Waals surface area contributed by atoms with Crippen LogP contribution >= 0.6 is 0 Å². The molecule has 1 amide bonds. The van der Waals surface area contributed by atoms with Crippen molar-refractivity contribution < 1.29 is 4.79 Å². The highest BCUT2D eigenvalue weighted by atomic mass is 16.1. The Morgan fingerprint density at radius 2 is 2.20 bits per heavy atom. The van der Waals surface area contributed by atoms with Crippen LogP contribution in [0.5, 0.6) is 0 Å². The van der Waals surface area contributed by atoms with Crippen molar-refractivity contribution in [2.24, 2.45) is 11.5 Å². The lowest BCUT2D eigenvalue weighted by molar-refractivity contribution is 0.1000. The normalized spacial score (nSPS) is 11.1. The second-order valence-corrected chi connectivity index (χ2v) is 4.01. The quantitative estimate of drug-likeness (QED) is 0.664. The van der Waals surface area contributed by atoms with Gasteiger partial charge < -0.3 is 16.8 Å². The fourth-order valence-electron chi connectivity index (χ4n) is 1.01. The largest absolute Gasteiger partial charge is 0.366 e. The van der Waals surface area contributed by atoms with Crippen LogP contribution in [-0.4, -0.2) is 23.0 Å². The van der Waals surface area contributed by atoms with Crippen molar-refractivity contribution in [1.82, 2.24) is 4.98 Å². The van der Waals surface area contributed by atoms with E-state index in [0.717, 1.165) is 0 Å². The van der Waals surface area contributed by atoms with Gasteiger partial charge >= 0.3 is 0 Å². The lowest BCUT2D eigenvalue weighted by Gasteiger charge is -2.24. The molecule has 1 aromatic heterocycles. The maximum Gasteiger partial charge on any atom is 0.250 e. The zero-order chi connectivity index (χ0) is 11.5. The summed E-state index contributed by atoms with van der Waals surface area (Å²) in [7, 11) is 0. The van der Waals surface area contributed by atoms with Crippen LogP contribution in [0.2, 0.25) is 0 Å². The second kappa shape index (κ2) is 4.27. The minimum Gasteiger partial charge on any atom is -0.366 e. The molecule has 5 nitrogen and oxygen atoms in total. The minimum absolute atomic E-state index is 0.221. The number of carbonyl (C=O) groups excluding carboxylic acids is 1. The first-order valence-electron chi connectivity index (χ1n) is 4.69. The van der Waals surface area contributed by atoms with Gasteiger partial charge in [-0.1, -0.05) is 0 Å². The lowest BCUT2D eigenvalue weighted by atomic mass is 10.1. The molecule has 1 rings (SSSR count). The molecule has 0 aromatic carbocycles. The van der Waals surface area contributed by atoms with Crippen LogP contribution in [-0.2, 0) is 0 Å². The number of nitrogens with zero attached hydrogens (tertiary/aromatic N) is 1. The molecule has 15 heavy (non-hydrogen) atoms. The molecule has 0 radical (unpaired) electrons. The summed E-state index contributed by atoms with van der Waals surface area (Å²) in [4.78, 5) is 14.9. The molecular weight excluding hydrogens is 192 g/mol. The Balaban J connectivity index is 2.77. The van der Waals surface area contributed by atoms with Gasteiger partial charge in [-0.2, -0.15) is 0 Å². The van der Waals surface area contributed by atoms with E-state index in [9.17, 15) is 4.79 Å². The number of pyridine rings is 1. The van der Waals surface area contributed by atoms with E-state index in [4.69, 9.17) is 11.5 Å². The number of hydrogen-bond acceptors (Lipinski definition) is 4. The highest BCUT2D eigenvalue weighted by Gasteiger charge is 2.15. The summed E-state index contributed by atoms with van der Waals surface area (Å²) in [5.41, 5.74) is 10.8. The van der Waals surface area contributed by atoms with Crippen molar-refractivity contribution in [3.05, 3.63) is 23.9 Å². The molecule has 0 aliphatic rings. The van der Waals surface area contributed by atoms with Crippen molar-refractivity contribution in [1.29, 1.82) is 0 Å². The molecule has 0 aliphatic heterocycles. The number of hydrogen-bond donors (Lipinski definition) is 3. The number of aromatic nitrogens is 1. The zero-order valence-corrected chi connectivity index (χ0v) is 8.95. The van der Waals surface area contributed by atoms with Crippen LogP contribution in [0.15, 0.2) is 18.3 Å². The fraction of sp³-hybridized carbons (Fsp3) is 0.400. The van der Waals surface area contributed by atoms with Crippen molar-refractivity contribution in [2.75, 3.05) is 11.9 Å². The molecule has 0 saturated carbocycles. The molecule has 0 spiro atoms. The number of primary amides is 1. The molecule has 82 valence electrons. The Morgan fingerprint density at radius 3 is 2.60 bits per heavy atom. The monoisotopic (exact) mass is 208 g/mol. The Hall–Kier alpha value is -1.62. The molecule has 1 aromatic rings. The minimum atomic E-state index is -0.480. The van der Waals surface area contributed by atoms with Crippen molar-refractivity contribution in [3.8, 4) is 0 Å². The average molecular weight is 208 g/mol. The standard InChI is InChI=1S/C10H16N4O/c1-10(2,6-11)14-8-4-3-7(5-13-8)9(12)15/h3-5H,6,11H2,1-2H3,(H2,12,15)(H,13,14). The number of carbonyl (C=O) groups is 1. The van der Waals surface area contributed by atoms with Crippen LogP contribution in [0.3, 0.4) is 0 Å². The third-order valence-corrected chi connectivity index (χ3v) is 2.02. The van der Waals surface area contributed by atoms with Crippen LogP contribution < -0.4 is 16.8 Å². The molecule has 0 atom stereocenters. The first-order chi connectivity index (χ1) is 6.94. The van der Waals surface area contributed by atoms with Gasteiger partial charge in [0.1, 0.15) is 5.82 Å². The summed E-state index contributed by atoms with van der Waals surface area (Å²) in [5, 5.41) is 3.15. The maximum atomic E-state index is 10.8. The van der Waals surface area contributed by atoms with E-state index in [2.05, 4.69) is 10.3 Å². The summed E-state index contributed by atoms with van der Waals surface area (Å²) < 4.78 is 0. The molecule has 1 heterocycles. The highest BCUT2D eigenvalue weighted by Crippen LogP contribution is 2.11. The number of amides is 1. The van der Waals surface area contributed by atoms with Gasteiger partial charge in [-0.25, -0.2) is 4.98 Å². The Labute approximate surface area is 88.9 Å². The highest BCUT2D eigenvalue weighted by molar-refractivity contribution is 5.92. The van der Waals surface area contributed by atoms with Gasteiger partial charge in [-0.3, -0.25) is 4.79 Å². The van der Waals surface area contributed by atoms with Gasteiger partial charge in [0.2, 0.25) is 5.91 Å². The average Bonchev–Trinajstić information content (AvgIpc) is 2.18. The van der Waals surface area contributed by atoms with E-state index in [1.807, 2.05) is 13.8 Å². The summed E-state index contributed by atoms with van der Waals surface area (Å²) in [6, 6.07) is 3.34. The van der Waals surface area contributed by atoms with Crippen molar-refractivity contribution >= 4 is 11.7 Å². The number of rotatable bonds is 4. The van der Waals surface area contributed by atoms with Crippen LogP contribution in [0, 0.1) is 0 Å². The maximum absolute atomic E-state index is 10.8. The lowest BCUT2D eigenvalue weighted by Crippen LogP contribution is -2.39. The van der Waals surface area contributed by atoms with Crippen LogP contribution in [0.25, 0.3) is 0 Å². The predicted octanol–water partition coefficient (Wildman–Crippen LogP) is 0.330. The molecule has 0 aliphatic carbocycles. The zero-order valence-electron chi connectivity index (χ0n) is 8.95. The molecule has 5 heteroatoms. The van der Waals surface area contributed by atoms with Gasteiger partial charge in [0.15, 0.2) is 0 Å². The first-order valence-corrected chi connectivity index (χ1v) is 4.69. The Bertz CT molecular complexity index is 345. The molecule has 0 bridgehead atoms. The predicted molar refractivity (Wildman–Crippen MR) is 59.5 cm³/mol. The molecular formula is C10H16N4O. The van der Waals surface area contributed by atoms with Gasteiger partial charge in [-0.15, -0.1) is 0 Å². The van der Waals surface area contributed by atoms with E-state index in [-0.39, 0.29) is 5.54 Å². The summed E-state index contributed by atoms with van der Waals surface area (Å²) in [5.74, 6) is 0.197. The van der Waals surface area contributed by atoms with Gasteiger partial charge in [0.05, 0.1) is 5.56 Å². The van der Waals surface area contributed by atoms with Crippen molar-refractivity contribution in [2.45, 2.75) is 19.4 Å². The van der Waals surface area contributed by atoms with E-state index in [0.29, 0.717) is 17.9 Å². The topological polar surface area (TPSA) is 94.0 Å². The Morgan fingerprint density at radius 1 is 1.53 bits per heavy atom. The van der Waals surface area contributed by atoms with Gasteiger partial charge in [0.25, 0.3) is 0 Å². The molecule has 0 unspecified atom stereocenters. The summed E-state index contributed by atoms with van der Waals surface area (Å²) in [6.45, 7) is 4.43. The SMILES string of the molecule is CC(C)(CN)Nc1ccc(C(N)=O)cn1. The number of nitrogens with one attached hydrogen (secondary N) is 1. The number of anilines is 1. The van der Waals surface area contributed by atoms with E-state index < -0.39 is 5.91 Å². The van der Waals surface area contributed by atoms with E-state index in [1.54, 1.807) is 12.1 Å². The first kappa shape index (κ1) is 11.5. The molecule has 0 fully saturated rings. The Kier molecular flexibility index (Phi) is 3.26. The van der Waals surface area contributed by atoms with Gasteiger partial charge in [-0.05, 0) is 26.0 Å². The summed E-state index contributed by atoms with van der Waals surface area (Å²) in [6.07, 6.45) is 1.44. The fourth-order valence-corrected chi connectivity index (χ4v) is 1.01. The third kappa shape index (κ3) is 3.21. The smallest absolute Gasteiger partial charge is 0.250 e. The third-order valence-electron chi connectivity index (χ3n) is 2.02. The second-order valence-electron chi connectivity index (χ2n) is 4.01.